The number of carbonyl (C=O) groups excluding carboxylic acids is 2. The maximum Gasteiger partial charge on any atom is 0.255 e. The molecule has 0 aliphatic carbocycles. The molecule has 0 heterocycles. The number of hydrogen-bond acceptors (Lipinski definition) is 2. The largest absolute Gasteiger partial charge is 0.322 e. The molecule has 0 fully saturated rings. The van der Waals surface area contributed by atoms with Crippen LogP contribution in [0.1, 0.15) is 26.3 Å². The molecule has 0 aliphatic rings. The monoisotopic (exact) mass is 380 g/mol. The van der Waals surface area contributed by atoms with Crippen LogP contribution in [0.15, 0.2) is 91.0 Å². The summed E-state index contributed by atoms with van der Waals surface area (Å²) in [6, 6.07) is 27.9. The van der Waals surface area contributed by atoms with Crippen molar-refractivity contribution < 1.29 is 9.59 Å². The normalized spacial score (nSPS) is 10.5. The van der Waals surface area contributed by atoms with Crippen molar-refractivity contribution >= 4 is 34.0 Å². The average molecular weight is 380 g/mol. The Labute approximate surface area is 169 Å². The summed E-state index contributed by atoms with van der Waals surface area (Å²) < 4.78 is 0. The summed E-state index contributed by atoms with van der Waals surface area (Å²) in [6.07, 6.45) is 0. The first-order valence-corrected chi connectivity index (χ1v) is 9.37. The Kier molecular flexibility index (Phi) is 5.08. The Morgan fingerprint density at radius 1 is 0.621 bits per heavy atom. The number of fused-ring (bicyclic) bond motifs is 1. The van der Waals surface area contributed by atoms with Crippen molar-refractivity contribution in [3.05, 3.63) is 108 Å². The SMILES string of the molecule is Cc1ccc(C(=O)Nc2ccc(C(=O)Nc3cccc4ccccc34)cc2)cc1. The zero-order valence-corrected chi connectivity index (χ0v) is 16.0. The molecule has 0 saturated carbocycles. The topological polar surface area (TPSA) is 58.2 Å². The van der Waals surface area contributed by atoms with E-state index in [2.05, 4.69) is 10.6 Å². The van der Waals surface area contributed by atoms with Gasteiger partial charge in [-0.2, -0.15) is 0 Å². The lowest BCUT2D eigenvalue weighted by Gasteiger charge is -2.10. The maximum atomic E-state index is 12.6. The molecular weight excluding hydrogens is 360 g/mol. The van der Waals surface area contributed by atoms with Crippen LogP contribution in [-0.2, 0) is 0 Å². The molecule has 4 rings (SSSR count). The summed E-state index contributed by atoms with van der Waals surface area (Å²) >= 11 is 0. The summed E-state index contributed by atoms with van der Waals surface area (Å²) in [6.45, 7) is 1.98. The van der Waals surface area contributed by atoms with Gasteiger partial charge in [-0.25, -0.2) is 0 Å². The van der Waals surface area contributed by atoms with Gasteiger partial charge in [0, 0.05) is 27.9 Å². The average Bonchev–Trinajstić information content (AvgIpc) is 2.75. The molecule has 0 radical (unpaired) electrons. The van der Waals surface area contributed by atoms with E-state index in [1.165, 1.54) is 0 Å². The lowest BCUT2D eigenvalue weighted by Crippen LogP contribution is -2.14. The molecule has 4 aromatic rings. The van der Waals surface area contributed by atoms with Crippen LogP contribution in [0.2, 0.25) is 0 Å². The zero-order chi connectivity index (χ0) is 20.2. The number of nitrogens with one attached hydrogen (secondary N) is 2. The lowest BCUT2D eigenvalue weighted by molar-refractivity contribution is 0.102. The van der Waals surface area contributed by atoms with E-state index in [1.807, 2.05) is 61.5 Å². The summed E-state index contributed by atoms with van der Waals surface area (Å²) in [5.74, 6) is -0.379. The van der Waals surface area contributed by atoms with Gasteiger partial charge in [0.05, 0.1) is 0 Å². The minimum Gasteiger partial charge on any atom is -0.322 e. The minimum absolute atomic E-state index is 0.182. The van der Waals surface area contributed by atoms with Gasteiger partial charge in [-0.3, -0.25) is 9.59 Å². The van der Waals surface area contributed by atoms with E-state index in [9.17, 15) is 9.59 Å². The summed E-state index contributed by atoms with van der Waals surface area (Å²) in [7, 11) is 0. The molecule has 0 unspecified atom stereocenters. The third kappa shape index (κ3) is 4.17. The van der Waals surface area contributed by atoms with Gasteiger partial charge in [-0.1, -0.05) is 54.1 Å². The van der Waals surface area contributed by atoms with Crippen LogP contribution < -0.4 is 10.6 Å². The number of rotatable bonds is 4. The highest BCUT2D eigenvalue weighted by Crippen LogP contribution is 2.23. The number of amides is 2. The van der Waals surface area contributed by atoms with Crippen molar-refractivity contribution in [2.24, 2.45) is 0 Å². The highest BCUT2D eigenvalue weighted by Gasteiger charge is 2.10. The Morgan fingerprint density at radius 2 is 1.21 bits per heavy atom. The van der Waals surface area contributed by atoms with Crippen LogP contribution in [0.25, 0.3) is 10.8 Å². The highest BCUT2D eigenvalue weighted by atomic mass is 16.2. The zero-order valence-electron chi connectivity index (χ0n) is 16.0. The molecule has 0 bridgehead atoms. The van der Waals surface area contributed by atoms with E-state index < -0.39 is 0 Å². The van der Waals surface area contributed by atoms with Crippen molar-refractivity contribution in [2.75, 3.05) is 10.6 Å². The molecule has 142 valence electrons. The Morgan fingerprint density at radius 3 is 1.93 bits per heavy atom. The van der Waals surface area contributed by atoms with Crippen molar-refractivity contribution in [1.29, 1.82) is 0 Å². The van der Waals surface area contributed by atoms with Crippen LogP contribution >= 0.6 is 0 Å². The molecule has 4 nitrogen and oxygen atoms in total. The molecule has 0 aliphatic heterocycles. The van der Waals surface area contributed by atoms with Crippen molar-refractivity contribution in [2.45, 2.75) is 6.92 Å². The van der Waals surface area contributed by atoms with Crippen molar-refractivity contribution in [3.63, 3.8) is 0 Å². The lowest BCUT2D eigenvalue weighted by atomic mass is 10.1. The third-order valence-electron chi connectivity index (χ3n) is 4.76. The fourth-order valence-corrected chi connectivity index (χ4v) is 3.14. The number of aryl methyl sites for hydroxylation is 1. The molecule has 2 N–H and O–H groups in total. The minimum atomic E-state index is -0.197. The number of anilines is 2. The second-order valence-electron chi connectivity index (χ2n) is 6.88. The Hall–Kier alpha value is -3.92. The second kappa shape index (κ2) is 7.98. The van der Waals surface area contributed by atoms with E-state index in [4.69, 9.17) is 0 Å². The van der Waals surface area contributed by atoms with Crippen LogP contribution in [-0.4, -0.2) is 11.8 Å². The quantitative estimate of drug-likeness (QED) is 0.480. The van der Waals surface area contributed by atoms with Gasteiger partial charge in [0.1, 0.15) is 0 Å². The van der Waals surface area contributed by atoms with E-state index in [1.54, 1.807) is 36.4 Å². The maximum absolute atomic E-state index is 12.6. The van der Waals surface area contributed by atoms with Gasteiger partial charge in [-0.15, -0.1) is 0 Å². The van der Waals surface area contributed by atoms with Gasteiger partial charge in [0.15, 0.2) is 0 Å². The molecule has 0 spiro atoms. The highest BCUT2D eigenvalue weighted by molar-refractivity contribution is 6.09. The Balaban J connectivity index is 1.46. The van der Waals surface area contributed by atoms with Gasteiger partial charge < -0.3 is 10.6 Å². The van der Waals surface area contributed by atoms with Gasteiger partial charge in [0.25, 0.3) is 11.8 Å². The van der Waals surface area contributed by atoms with E-state index in [0.29, 0.717) is 16.8 Å². The first kappa shape index (κ1) is 18.4. The van der Waals surface area contributed by atoms with E-state index in [-0.39, 0.29) is 11.8 Å². The van der Waals surface area contributed by atoms with Crippen molar-refractivity contribution in [1.82, 2.24) is 0 Å². The molecule has 4 aromatic carbocycles. The first-order chi connectivity index (χ1) is 14.1. The van der Waals surface area contributed by atoms with E-state index >= 15 is 0 Å². The molecular formula is C25H20N2O2. The van der Waals surface area contributed by atoms with Gasteiger partial charge in [0.2, 0.25) is 0 Å². The molecule has 4 heteroatoms. The van der Waals surface area contributed by atoms with Gasteiger partial charge >= 0.3 is 0 Å². The fraction of sp³-hybridized carbons (Fsp3) is 0.0400. The molecule has 0 saturated heterocycles. The number of hydrogen-bond donors (Lipinski definition) is 2. The standard InChI is InChI=1S/C25H20N2O2/c1-17-9-11-19(12-10-17)24(28)26-21-15-13-20(14-16-21)25(29)27-23-8-4-6-18-5-2-3-7-22(18)23/h2-16H,1H3,(H,26,28)(H,27,29). The summed E-state index contributed by atoms with van der Waals surface area (Å²) in [5.41, 5.74) is 3.62. The van der Waals surface area contributed by atoms with Crippen LogP contribution in [0, 0.1) is 6.92 Å². The Bertz CT molecular complexity index is 1170. The second-order valence-corrected chi connectivity index (χ2v) is 6.88. The van der Waals surface area contributed by atoms with Crippen LogP contribution in [0.5, 0.6) is 0 Å². The fourth-order valence-electron chi connectivity index (χ4n) is 3.14. The third-order valence-corrected chi connectivity index (χ3v) is 4.76. The predicted molar refractivity (Wildman–Crippen MR) is 117 cm³/mol. The van der Waals surface area contributed by atoms with Crippen molar-refractivity contribution in [3.8, 4) is 0 Å². The van der Waals surface area contributed by atoms with Crippen LogP contribution in [0.4, 0.5) is 11.4 Å². The molecule has 0 aromatic heterocycles. The van der Waals surface area contributed by atoms with Crippen LogP contribution in [0.3, 0.4) is 0 Å². The predicted octanol–water partition coefficient (Wildman–Crippen LogP) is 5.65. The smallest absolute Gasteiger partial charge is 0.255 e. The molecule has 29 heavy (non-hydrogen) atoms. The van der Waals surface area contributed by atoms with Gasteiger partial charge in [-0.05, 0) is 54.8 Å². The number of carbonyl (C=O) groups is 2. The van der Waals surface area contributed by atoms with E-state index in [0.717, 1.165) is 22.0 Å². The summed E-state index contributed by atoms with van der Waals surface area (Å²) in [4.78, 5) is 25.0. The first-order valence-electron chi connectivity index (χ1n) is 9.37. The number of benzene rings is 4. The molecule has 2 amide bonds. The molecule has 0 atom stereocenters. The summed E-state index contributed by atoms with van der Waals surface area (Å²) in [5, 5.41) is 7.87.